The molecule has 0 aliphatic carbocycles. The van der Waals surface area contributed by atoms with E-state index >= 15 is 0 Å². The van der Waals surface area contributed by atoms with E-state index in [1.54, 1.807) is 0 Å². The molecule has 9 heteroatoms. The highest BCUT2D eigenvalue weighted by Crippen LogP contribution is 2.29. The summed E-state index contributed by atoms with van der Waals surface area (Å²) >= 11 is 5.85. The van der Waals surface area contributed by atoms with Crippen molar-refractivity contribution in [2.45, 2.75) is 10.9 Å². The van der Waals surface area contributed by atoms with E-state index < -0.39 is 14.9 Å². The fourth-order valence-corrected chi connectivity index (χ4v) is 3.53. The van der Waals surface area contributed by atoms with Gasteiger partial charge in [-0.05, 0) is 6.07 Å². The maximum absolute atomic E-state index is 12.4. The van der Waals surface area contributed by atoms with Crippen molar-refractivity contribution in [1.29, 1.82) is 0 Å². The summed E-state index contributed by atoms with van der Waals surface area (Å²) in [4.78, 5) is 9.82. The molecule has 0 radical (unpaired) electrons. The maximum Gasteiger partial charge on any atom is 0.270 e. The van der Waals surface area contributed by atoms with Crippen molar-refractivity contribution in [3.8, 4) is 0 Å². The van der Waals surface area contributed by atoms with Gasteiger partial charge in [-0.2, -0.15) is 4.31 Å². The first-order valence-electron chi connectivity index (χ1n) is 5.46. The molecule has 0 aromatic heterocycles. The predicted molar refractivity (Wildman–Crippen MR) is 69.7 cm³/mol. The Morgan fingerprint density at radius 3 is 2.58 bits per heavy atom. The molecule has 19 heavy (non-hydrogen) atoms. The molecule has 104 valence electrons. The third-order valence-electron chi connectivity index (χ3n) is 3.06. The van der Waals surface area contributed by atoms with Crippen molar-refractivity contribution in [3.05, 3.63) is 33.3 Å². The molecular formula is C10H12ClN3O4S. The molecule has 1 aromatic carbocycles. The van der Waals surface area contributed by atoms with Crippen molar-refractivity contribution >= 4 is 27.3 Å². The van der Waals surface area contributed by atoms with Crippen molar-refractivity contribution < 1.29 is 13.3 Å². The zero-order valence-corrected chi connectivity index (χ0v) is 11.6. The van der Waals surface area contributed by atoms with Gasteiger partial charge < -0.3 is 5.32 Å². The summed E-state index contributed by atoms with van der Waals surface area (Å²) in [5.41, 5.74) is -0.303. The lowest BCUT2D eigenvalue weighted by Gasteiger charge is -2.34. The number of sulfonamides is 1. The first kappa shape index (κ1) is 14.2. The van der Waals surface area contributed by atoms with Crippen LogP contribution in [0.25, 0.3) is 0 Å². The fraction of sp³-hybridized carbons (Fsp3) is 0.400. The van der Waals surface area contributed by atoms with Gasteiger partial charge in [-0.25, -0.2) is 8.42 Å². The number of nitro benzene ring substituents is 1. The van der Waals surface area contributed by atoms with Crippen LogP contribution >= 0.6 is 11.6 Å². The quantitative estimate of drug-likeness (QED) is 0.657. The number of benzene rings is 1. The fourth-order valence-electron chi connectivity index (χ4n) is 1.69. The van der Waals surface area contributed by atoms with E-state index in [4.69, 9.17) is 11.6 Å². The summed E-state index contributed by atoms with van der Waals surface area (Å²) in [6, 6.07) is 3.23. The molecular weight excluding hydrogens is 294 g/mol. The Balaban J connectivity index is 2.44. The van der Waals surface area contributed by atoms with E-state index in [2.05, 4.69) is 5.32 Å². The number of hydrogen-bond donors (Lipinski definition) is 1. The average molecular weight is 306 g/mol. The first-order valence-corrected chi connectivity index (χ1v) is 7.28. The minimum atomic E-state index is -3.83. The van der Waals surface area contributed by atoms with Gasteiger partial charge in [-0.3, -0.25) is 10.1 Å². The van der Waals surface area contributed by atoms with Crippen LogP contribution in [0, 0.1) is 10.1 Å². The van der Waals surface area contributed by atoms with E-state index in [1.165, 1.54) is 23.5 Å². The van der Waals surface area contributed by atoms with Crippen LogP contribution < -0.4 is 5.32 Å². The lowest BCUT2D eigenvalue weighted by atomic mass is 10.2. The van der Waals surface area contributed by atoms with Crippen LogP contribution in [0.3, 0.4) is 0 Å². The number of rotatable bonds is 4. The van der Waals surface area contributed by atoms with E-state index in [9.17, 15) is 18.5 Å². The van der Waals surface area contributed by atoms with Crippen molar-refractivity contribution in [1.82, 2.24) is 9.62 Å². The summed E-state index contributed by atoms with van der Waals surface area (Å²) < 4.78 is 25.9. The first-order chi connectivity index (χ1) is 8.84. The number of nitrogens with zero attached hydrogens (tertiary/aromatic N) is 2. The van der Waals surface area contributed by atoms with Crippen molar-refractivity contribution in [2.24, 2.45) is 0 Å². The lowest BCUT2D eigenvalue weighted by molar-refractivity contribution is -0.385. The highest BCUT2D eigenvalue weighted by molar-refractivity contribution is 7.89. The Hall–Kier alpha value is -1.22. The SMILES string of the molecule is CN(C1CNC1)S(=O)(=O)c1cc([N+](=O)[O-])ccc1Cl. The monoisotopic (exact) mass is 305 g/mol. The van der Waals surface area contributed by atoms with Gasteiger partial charge in [0.1, 0.15) is 4.90 Å². The predicted octanol–water partition coefficient (Wildman–Crippen LogP) is 0.841. The van der Waals surface area contributed by atoms with Gasteiger partial charge in [0.05, 0.1) is 9.95 Å². The summed E-state index contributed by atoms with van der Waals surface area (Å²) in [5.74, 6) is 0. The van der Waals surface area contributed by atoms with Gasteiger partial charge in [0.25, 0.3) is 5.69 Å². The molecule has 0 amide bonds. The Kier molecular flexibility index (Phi) is 3.77. The lowest BCUT2D eigenvalue weighted by Crippen LogP contribution is -2.57. The zero-order chi connectivity index (χ0) is 14.2. The van der Waals surface area contributed by atoms with Gasteiger partial charge in [-0.15, -0.1) is 0 Å². The van der Waals surface area contributed by atoms with Crippen LogP contribution in [0.15, 0.2) is 23.1 Å². The van der Waals surface area contributed by atoms with Gasteiger partial charge >= 0.3 is 0 Å². The van der Waals surface area contributed by atoms with Crippen LogP contribution in [-0.2, 0) is 10.0 Å². The summed E-state index contributed by atoms with van der Waals surface area (Å²) in [6.07, 6.45) is 0. The van der Waals surface area contributed by atoms with Crippen molar-refractivity contribution in [3.63, 3.8) is 0 Å². The van der Waals surface area contributed by atoms with Gasteiger partial charge in [0, 0.05) is 38.3 Å². The maximum atomic E-state index is 12.4. The third-order valence-corrected chi connectivity index (χ3v) is 5.45. The number of nitro groups is 1. The number of nitrogens with one attached hydrogen (secondary N) is 1. The van der Waals surface area contributed by atoms with Crippen LogP contribution in [0.4, 0.5) is 5.69 Å². The molecule has 2 rings (SSSR count). The number of non-ortho nitro benzene ring substituents is 1. The van der Waals surface area contributed by atoms with Gasteiger partial charge in [0.2, 0.25) is 10.0 Å². The topological polar surface area (TPSA) is 92.6 Å². The van der Waals surface area contributed by atoms with Gasteiger partial charge in [-0.1, -0.05) is 11.6 Å². The second-order valence-corrected chi connectivity index (χ2v) is 6.58. The van der Waals surface area contributed by atoms with Crippen LogP contribution in [0.2, 0.25) is 5.02 Å². The molecule has 1 aliphatic rings. The highest BCUT2D eigenvalue weighted by atomic mass is 35.5. The second-order valence-electron chi connectivity index (χ2n) is 4.21. The molecule has 0 unspecified atom stereocenters. The van der Waals surface area contributed by atoms with Crippen LogP contribution in [-0.4, -0.2) is 43.8 Å². The molecule has 1 N–H and O–H groups in total. The van der Waals surface area contributed by atoms with E-state index in [1.807, 2.05) is 0 Å². The number of likely N-dealkylation sites (N-methyl/N-ethyl adjacent to an activating group) is 1. The number of halogens is 1. The normalized spacial score (nSPS) is 16.4. The molecule has 0 bridgehead atoms. The molecule has 1 aromatic rings. The van der Waals surface area contributed by atoms with E-state index in [-0.39, 0.29) is 21.6 Å². The summed E-state index contributed by atoms with van der Waals surface area (Å²) in [6.45, 7) is 1.12. The zero-order valence-electron chi connectivity index (χ0n) is 10.0. The van der Waals surface area contributed by atoms with Gasteiger partial charge in [0.15, 0.2) is 0 Å². The summed E-state index contributed by atoms with van der Waals surface area (Å²) in [5, 5.41) is 13.6. The second kappa shape index (κ2) is 5.04. The minimum absolute atomic E-state index is 0.0234. The van der Waals surface area contributed by atoms with Crippen LogP contribution in [0.5, 0.6) is 0 Å². The molecule has 1 aliphatic heterocycles. The summed E-state index contributed by atoms with van der Waals surface area (Å²) in [7, 11) is -2.39. The van der Waals surface area contributed by atoms with E-state index in [0.717, 1.165) is 6.07 Å². The smallest absolute Gasteiger partial charge is 0.270 e. The van der Waals surface area contributed by atoms with Crippen molar-refractivity contribution in [2.75, 3.05) is 20.1 Å². The largest absolute Gasteiger partial charge is 0.313 e. The van der Waals surface area contributed by atoms with E-state index in [0.29, 0.717) is 13.1 Å². The molecule has 7 nitrogen and oxygen atoms in total. The molecule has 1 heterocycles. The Morgan fingerprint density at radius 2 is 2.11 bits per heavy atom. The highest BCUT2D eigenvalue weighted by Gasteiger charge is 2.33. The standard InChI is InChI=1S/C10H12ClN3O4S/c1-13(8-5-12-6-8)19(17,18)10-4-7(14(15)16)2-3-9(10)11/h2-4,8,12H,5-6H2,1H3. The molecule has 0 atom stereocenters. The third kappa shape index (κ3) is 2.57. The Morgan fingerprint density at radius 1 is 1.47 bits per heavy atom. The molecule has 0 saturated carbocycles. The Bertz CT molecular complexity index is 615. The molecule has 1 saturated heterocycles. The minimum Gasteiger partial charge on any atom is -0.313 e. The molecule has 0 spiro atoms. The molecule has 1 fully saturated rings. The van der Waals surface area contributed by atoms with Crippen LogP contribution in [0.1, 0.15) is 0 Å². The number of hydrogen-bond acceptors (Lipinski definition) is 5. The Labute approximate surface area is 115 Å². The average Bonchev–Trinajstić information content (AvgIpc) is 2.26.